The van der Waals surface area contributed by atoms with E-state index in [1.807, 2.05) is 56.3 Å². The highest BCUT2D eigenvalue weighted by Gasteiger charge is 2.22. The second-order valence-electron chi connectivity index (χ2n) is 6.09. The molecule has 5 nitrogen and oxygen atoms in total. The summed E-state index contributed by atoms with van der Waals surface area (Å²) in [6, 6.07) is 11.7. The monoisotopic (exact) mass is 326 g/mol. The largest absolute Gasteiger partial charge is 0.384 e. The van der Waals surface area contributed by atoms with Gasteiger partial charge in [-0.05, 0) is 45.1 Å². The first kappa shape index (κ1) is 17.9. The Hall–Kier alpha value is -2.40. The predicted molar refractivity (Wildman–Crippen MR) is 98.0 cm³/mol. The van der Waals surface area contributed by atoms with Crippen LogP contribution in [-0.4, -0.2) is 43.0 Å². The molecule has 0 aliphatic heterocycles. The number of hydrogen-bond acceptors (Lipinski definition) is 4. The predicted octanol–water partition coefficient (Wildman–Crippen LogP) is 2.61. The molecule has 1 heterocycles. The molecule has 0 saturated carbocycles. The van der Waals surface area contributed by atoms with Crippen LogP contribution in [0, 0.1) is 6.92 Å². The summed E-state index contributed by atoms with van der Waals surface area (Å²) in [5, 5.41) is 6.32. The number of carbonyl (C=O) groups excluding carboxylic acids is 1. The second kappa shape index (κ2) is 9.03. The molecular weight excluding hydrogens is 300 g/mol. The molecule has 0 aliphatic rings. The standard InChI is InChI=1S/C19H26N4O/c1-15-7-4-8-16(13-15)18(23(2)3)19(24)22-12-6-11-21-17-9-5-10-20-14-17/h4-5,7-10,13-14,18,21H,6,11-12H2,1-3H3,(H,22,24). The van der Waals surface area contributed by atoms with Gasteiger partial charge in [-0.1, -0.05) is 29.8 Å². The number of nitrogens with one attached hydrogen (secondary N) is 2. The van der Waals surface area contributed by atoms with E-state index in [0.717, 1.165) is 29.8 Å². The van der Waals surface area contributed by atoms with E-state index in [-0.39, 0.29) is 11.9 Å². The fourth-order valence-electron chi connectivity index (χ4n) is 2.62. The number of likely N-dealkylation sites (N-methyl/N-ethyl adjacent to an activating group) is 1. The number of rotatable bonds is 8. The highest BCUT2D eigenvalue weighted by atomic mass is 16.2. The topological polar surface area (TPSA) is 57.3 Å². The zero-order chi connectivity index (χ0) is 17.4. The van der Waals surface area contributed by atoms with Crippen molar-refractivity contribution in [3.63, 3.8) is 0 Å². The Bertz CT molecular complexity index is 643. The lowest BCUT2D eigenvalue weighted by Crippen LogP contribution is -2.37. The van der Waals surface area contributed by atoms with Gasteiger partial charge in [0.15, 0.2) is 0 Å². The Kier molecular flexibility index (Phi) is 6.75. The minimum atomic E-state index is -0.267. The summed E-state index contributed by atoms with van der Waals surface area (Å²) < 4.78 is 0. The van der Waals surface area contributed by atoms with Crippen LogP contribution in [0.15, 0.2) is 48.8 Å². The number of amides is 1. The number of benzene rings is 1. The van der Waals surface area contributed by atoms with Crippen LogP contribution in [0.1, 0.15) is 23.6 Å². The molecule has 0 saturated heterocycles. The SMILES string of the molecule is Cc1cccc(C(C(=O)NCCCNc2cccnc2)N(C)C)c1. The van der Waals surface area contributed by atoms with E-state index in [2.05, 4.69) is 21.7 Å². The molecule has 1 aromatic heterocycles. The van der Waals surface area contributed by atoms with Gasteiger partial charge in [0, 0.05) is 25.5 Å². The smallest absolute Gasteiger partial charge is 0.241 e. The van der Waals surface area contributed by atoms with E-state index in [1.54, 1.807) is 12.4 Å². The van der Waals surface area contributed by atoms with Gasteiger partial charge in [-0.25, -0.2) is 0 Å². The molecule has 5 heteroatoms. The van der Waals surface area contributed by atoms with Crippen LogP contribution in [0.5, 0.6) is 0 Å². The van der Waals surface area contributed by atoms with Gasteiger partial charge in [-0.2, -0.15) is 0 Å². The highest BCUT2D eigenvalue weighted by Crippen LogP contribution is 2.19. The Morgan fingerprint density at radius 1 is 1.21 bits per heavy atom. The van der Waals surface area contributed by atoms with Gasteiger partial charge in [0.25, 0.3) is 0 Å². The molecule has 0 aliphatic carbocycles. The van der Waals surface area contributed by atoms with Gasteiger partial charge in [-0.15, -0.1) is 0 Å². The zero-order valence-electron chi connectivity index (χ0n) is 14.6. The first-order valence-electron chi connectivity index (χ1n) is 8.22. The third-order valence-corrected chi connectivity index (χ3v) is 3.77. The van der Waals surface area contributed by atoms with Gasteiger partial charge in [-0.3, -0.25) is 14.7 Å². The number of anilines is 1. The molecule has 2 aromatic rings. The van der Waals surface area contributed by atoms with Crippen LogP contribution in [0.2, 0.25) is 0 Å². The van der Waals surface area contributed by atoms with Crippen LogP contribution >= 0.6 is 0 Å². The first-order chi connectivity index (χ1) is 11.6. The van der Waals surface area contributed by atoms with E-state index >= 15 is 0 Å². The van der Waals surface area contributed by atoms with E-state index in [0.29, 0.717) is 6.54 Å². The van der Waals surface area contributed by atoms with Crippen LogP contribution in [0.3, 0.4) is 0 Å². The molecule has 2 rings (SSSR count). The number of carbonyl (C=O) groups is 1. The van der Waals surface area contributed by atoms with Crippen molar-refractivity contribution in [1.29, 1.82) is 0 Å². The molecule has 1 atom stereocenters. The molecular formula is C19H26N4O. The van der Waals surface area contributed by atoms with Crippen LogP contribution in [0.4, 0.5) is 5.69 Å². The maximum atomic E-state index is 12.5. The number of hydrogen-bond donors (Lipinski definition) is 2. The normalized spacial score (nSPS) is 12.0. The average Bonchev–Trinajstić information content (AvgIpc) is 2.55. The molecule has 0 spiro atoms. The Morgan fingerprint density at radius 3 is 2.71 bits per heavy atom. The lowest BCUT2D eigenvalue weighted by atomic mass is 10.0. The second-order valence-corrected chi connectivity index (χ2v) is 6.09. The quantitative estimate of drug-likeness (QED) is 0.732. The first-order valence-corrected chi connectivity index (χ1v) is 8.22. The molecule has 1 amide bonds. The summed E-state index contributed by atoms with van der Waals surface area (Å²) >= 11 is 0. The fourth-order valence-corrected chi connectivity index (χ4v) is 2.62. The van der Waals surface area contributed by atoms with E-state index < -0.39 is 0 Å². The fraction of sp³-hybridized carbons (Fsp3) is 0.368. The van der Waals surface area contributed by atoms with Gasteiger partial charge in [0.05, 0.1) is 5.69 Å². The molecule has 1 aromatic carbocycles. The van der Waals surface area contributed by atoms with Crippen molar-refractivity contribution in [3.8, 4) is 0 Å². The maximum Gasteiger partial charge on any atom is 0.241 e. The van der Waals surface area contributed by atoms with Gasteiger partial charge in [0.2, 0.25) is 5.91 Å². The molecule has 24 heavy (non-hydrogen) atoms. The number of aryl methyl sites for hydroxylation is 1. The van der Waals surface area contributed by atoms with Crippen molar-refractivity contribution >= 4 is 11.6 Å². The van der Waals surface area contributed by atoms with Gasteiger partial charge >= 0.3 is 0 Å². The van der Waals surface area contributed by atoms with Gasteiger partial charge < -0.3 is 10.6 Å². The van der Waals surface area contributed by atoms with Crippen molar-refractivity contribution in [2.75, 3.05) is 32.5 Å². The third-order valence-electron chi connectivity index (χ3n) is 3.77. The van der Waals surface area contributed by atoms with Crippen LogP contribution in [0.25, 0.3) is 0 Å². The summed E-state index contributed by atoms with van der Waals surface area (Å²) in [7, 11) is 3.85. The lowest BCUT2D eigenvalue weighted by Gasteiger charge is -2.24. The highest BCUT2D eigenvalue weighted by molar-refractivity contribution is 5.83. The van der Waals surface area contributed by atoms with Crippen LogP contribution in [-0.2, 0) is 4.79 Å². The lowest BCUT2D eigenvalue weighted by molar-refractivity contribution is -0.125. The van der Waals surface area contributed by atoms with E-state index in [1.165, 1.54) is 0 Å². The third kappa shape index (κ3) is 5.35. The number of aromatic nitrogens is 1. The van der Waals surface area contributed by atoms with Crippen molar-refractivity contribution < 1.29 is 4.79 Å². The minimum absolute atomic E-state index is 0.0342. The maximum absolute atomic E-state index is 12.5. The summed E-state index contributed by atoms with van der Waals surface area (Å²) in [6.45, 7) is 3.48. The van der Waals surface area contributed by atoms with E-state index in [4.69, 9.17) is 0 Å². The Labute approximate surface area is 144 Å². The molecule has 0 bridgehead atoms. The molecule has 0 radical (unpaired) electrons. The zero-order valence-corrected chi connectivity index (χ0v) is 14.6. The molecule has 2 N–H and O–H groups in total. The van der Waals surface area contributed by atoms with Crippen molar-refractivity contribution in [2.24, 2.45) is 0 Å². The van der Waals surface area contributed by atoms with Crippen molar-refractivity contribution in [1.82, 2.24) is 15.2 Å². The Balaban J connectivity index is 1.81. The van der Waals surface area contributed by atoms with Crippen molar-refractivity contribution in [3.05, 3.63) is 59.9 Å². The summed E-state index contributed by atoms with van der Waals surface area (Å²) in [4.78, 5) is 18.5. The summed E-state index contributed by atoms with van der Waals surface area (Å²) in [5.41, 5.74) is 3.17. The number of pyridine rings is 1. The minimum Gasteiger partial charge on any atom is -0.384 e. The Morgan fingerprint density at radius 2 is 2.04 bits per heavy atom. The molecule has 1 unspecified atom stereocenters. The average molecular weight is 326 g/mol. The summed E-state index contributed by atoms with van der Waals surface area (Å²) in [6.07, 6.45) is 4.39. The number of nitrogens with zero attached hydrogens (tertiary/aromatic N) is 2. The van der Waals surface area contributed by atoms with Gasteiger partial charge in [0.1, 0.15) is 6.04 Å². The molecule has 128 valence electrons. The van der Waals surface area contributed by atoms with Crippen molar-refractivity contribution in [2.45, 2.75) is 19.4 Å². The molecule has 0 fully saturated rings. The summed E-state index contributed by atoms with van der Waals surface area (Å²) in [5.74, 6) is 0.0342. The van der Waals surface area contributed by atoms with Crippen LogP contribution < -0.4 is 10.6 Å². The van der Waals surface area contributed by atoms with E-state index in [9.17, 15) is 4.79 Å².